The molecule has 0 unspecified atom stereocenters. The highest BCUT2D eigenvalue weighted by molar-refractivity contribution is 7.84. The number of benzene rings is 2. The SMILES string of the molecule is CCN(CCCNC(=O)c1ccc(C[S@](=O)c2ccc(Cl)cc2)o1)Cc1ccccc1. The quantitative estimate of drug-likeness (QED) is 0.416. The normalized spacial score (nSPS) is 12.1. The third kappa shape index (κ3) is 7.35. The zero-order valence-corrected chi connectivity index (χ0v) is 19.1. The van der Waals surface area contributed by atoms with Crippen LogP contribution in [0, 0.1) is 0 Å². The molecule has 0 aliphatic carbocycles. The minimum atomic E-state index is -1.26. The number of hydrogen-bond acceptors (Lipinski definition) is 4. The molecule has 0 saturated carbocycles. The molecule has 0 aliphatic heterocycles. The largest absolute Gasteiger partial charge is 0.455 e. The van der Waals surface area contributed by atoms with Crippen LogP contribution in [0.1, 0.15) is 35.2 Å². The summed E-state index contributed by atoms with van der Waals surface area (Å²) in [4.78, 5) is 15.4. The monoisotopic (exact) mass is 458 g/mol. The van der Waals surface area contributed by atoms with Crippen molar-refractivity contribution in [2.24, 2.45) is 0 Å². The Kier molecular flexibility index (Phi) is 8.88. The summed E-state index contributed by atoms with van der Waals surface area (Å²) in [5, 5.41) is 3.49. The van der Waals surface area contributed by atoms with Crippen LogP contribution in [0.25, 0.3) is 0 Å². The Balaban J connectivity index is 1.42. The summed E-state index contributed by atoms with van der Waals surface area (Å²) in [6.45, 7) is 5.46. The molecular formula is C24H27ClN2O3S. The van der Waals surface area contributed by atoms with Crippen molar-refractivity contribution in [3.63, 3.8) is 0 Å². The van der Waals surface area contributed by atoms with Gasteiger partial charge < -0.3 is 9.73 Å². The molecule has 31 heavy (non-hydrogen) atoms. The maximum Gasteiger partial charge on any atom is 0.286 e. The van der Waals surface area contributed by atoms with E-state index in [0.717, 1.165) is 26.1 Å². The lowest BCUT2D eigenvalue weighted by atomic mass is 10.2. The molecule has 0 saturated heterocycles. The van der Waals surface area contributed by atoms with Gasteiger partial charge in [0, 0.05) is 29.6 Å². The van der Waals surface area contributed by atoms with E-state index in [1.807, 2.05) is 18.2 Å². The van der Waals surface area contributed by atoms with Crippen molar-refractivity contribution in [3.05, 3.63) is 88.8 Å². The summed E-state index contributed by atoms with van der Waals surface area (Å²) in [5.41, 5.74) is 1.28. The van der Waals surface area contributed by atoms with E-state index in [9.17, 15) is 9.00 Å². The van der Waals surface area contributed by atoms with Crippen molar-refractivity contribution >= 4 is 28.3 Å². The Morgan fingerprint density at radius 1 is 1.06 bits per heavy atom. The number of halogens is 1. The first-order valence-electron chi connectivity index (χ1n) is 10.3. The summed E-state index contributed by atoms with van der Waals surface area (Å²) >= 11 is 5.86. The molecule has 1 amide bonds. The summed E-state index contributed by atoms with van der Waals surface area (Å²) < 4.78 is 18.0. The second-order valence-electron chi connectivity index (χ2n) is 7.17. The fourth-order valence-corrected chi connectivity index (χ4v) is 4.30. The van der Waals surface area contributed by atoms with E-state index in [2.05, 4.69) is 29.3 Å². The van der Waals surface area contributed by atoms with Crippen LogP contribution in [-0.2, 0) is 23.1 Å². The van der Waals surface area contributed by atoms with Crippen molar-refractivity contribution in [2.75, 3.05) is 19.6 Å². The fraction of sp³-hybridized carbons (Fsp3) is 0.292. The Labute approximate surface area is 190 Å². The molecule has 0 bridgehead atoms. The maximum absolute atomic E-state index is 12.4. The molecule has 164 valence electrons. The van der Waals surface area contributed by atoms with Gasteiger partial charge in [-0.2, -0.15) is 0 Å². The summed E-state index contributed by atoms with van der Waals surface area (Å²) in [5.74, 6) is 0.702. The molecule has 0 radical (unpaired) electrons. The van der Waals surface area contributed by atoms with E-state index in [4.69, 9.17) is 16.0 Å². The standard InChI is InChI=1S/C24H27ClN2O3S/c1-2-27(17-19-7-4-3-5-8-19)16-6-15-26-24(28)23-14-11-21(30-23)18-31(29)22-12-9-20(25)10-13-22/h3-5,7-14H,2,6,15-18H2,1H3,(H,26,28)/t31-/m0/s1. The average Bonchev–Trinajstić information content (AvgIpc) is 3.25. The van der Waals surface area contributed by atoms with Crippen LogP contribution in [0.15, 0.2) is 76.0 Å². The van der Waals surface area contributed by atoms with Crippen LogP contribution in [0.5, 0.6) is 0 Å². The topological polar surface area (TPSA) is 62.6 Å². The van der Waals surface area contributed by atoms with Gasteiger partial charge in [-0.05, 0) is 54.9 Å². The Bertz CT molecular complexity index is 990. The second kappa shape index (κ2) is 11.8. The first-order chi connectivity index (χ1) is 15.0. The van der Waals surface area contributed by atoms with Crippen LogP contribution in [0.4, 0.5) is 0 Å². The number of carbonyl (C=O) groups excluding carboxylic acids is 1. The molecule has 3 aromatic rings. The van der Waals surface area contributed by atoms with Gasteiger partial charge in [0.2, 0.25) is 0 Å². The van der Waals surface area contributed by atoms with E-state index < -0.39 is 10.8 Å². The lowest BCUT2D eigenvalue weighted by molar-refractivity contribution is 0.0922. The molecule has 0 spiro atoms. The second-order valence-corrected chi connectivity index (χ2v) is 9.06. The number of nitrogens with zero attached hydrogens (tertiary/aromatic N) is 1. The molecule has 1 heterocycles. The Hall–Kier alpha value is -2.41. The third-order valence-electron chi connectivity index (χ3n) is 4.87. The van der Waals surface area contributed by atoms with Crippen LogP contribution in [0.2, 0.25) is 5.02 Å². The fourth-order valence-electron chi connectivity index (χ4n) is 3.16. The molecule has 0 fully saturated rings. The lowest BCUT2D eigenvalue weighted by Crippen LogP contribution is -2.29. The molecule has 2 aromatic carbocycles. The Morgan fingerprint density at radius 3 is 2.52 bits per heavy atom. The van der Waals surface area contributed by atoms with Crippen molar-refractivity contribution in [1.82, 2.24) is 10.2 Å². The molecule has 5 nitrogen and oxygen atoms in total. The molecule has 7 heteroatoms. The number of furan rings is 1. The molecule has 1 aromatic heterocycles. The molecule has 1 N–H and O–H groups in total. The van der Waals surface area contributed by atoms with E-state index >= 15 is 0 Å². The van der Waals surface area contributed by atoms with E-state index in [1.54, 1.807) is 36.4 Å². The smallest absolute Gasteiger partial charge is 0.286 e. The van der Waals surface area contributed by atoms with Gasteiger partial charge in [0.1, 0.15) is 5.76 Å². The molecule has 1 atom stereocenters. The van der Waals surface area contributed by atoms with Gasteiger partial charge in [0.25, 0.3) is 5.91 Å². The zero-order valence-electron chi connectivity index (χ0n) is 17.6. The molecule has 3 rings (SSSR count). The first-order valence-corrected chi connectivity index (χ1v) is 12.0. The van der Waals surface area contributed by atoms with Crippen molar-refractivity contribution in [2.45, 2.75) is 30.5 Å². The number of rotatable bonds is 11. The minimum Gasteiger partial charge on any atom is -0.455 e. The highest BCUT2D eigenvalue weighted by Gasteiger charge is 2.14. The zero-order chi connectivity index (χ0) is 22.1. The lowest BCUT2D eigenvalue weighted by Gasteiger charge is -2.20. The van der Waals surface area contributed by atoms with Gasteiger partial charge in [-0.15, -0.1) is 0 Å². The van der Waals surface area contributed by atoms with Gasteiger partial charge in [0.05, 0.1) is 16.6 Å². The predicted molar refractivity (Wildman–Crippen MR) is 125 cm³/mol. The summed E-state index contributed by atoms with van der Waals surface area (Å²) in [7, 11) is -1.26. The summed E-state index contributed by atoms with van der Waals surface area (Å²) in [6, 6.07) is 20.5. The summed E-state index contributed by atoms with van der Waals surface area (Å²) in [6.07, 6.45) is 0.848. The van der Waals surface area contributed by atoms with Gasteiger partial charge >= 0.3 is 0 Å². The van der Waals surface area contributed by atoms with Crippen LogP contribution in [0.3, 0.4) is 0 Å². The van der Waals surface area contributed by atoms with Gasteiger partial charge in [0.15, 0.2) is 5.76 Å². The van der Waals surface area contributed by atoms with Crippen molar-refractivity contribution in [1.29, 1.82) is 0 Å². The predicted octanol–water partition coefficient (Wildman–Crippen LogP) is 4.88. The van der Waals surface area contributed by atoms with Crippen LogP contribution in [-0.4, -0.2) is 34.7 Å². The van der Waals surface area contributed by atoms with E-state index in [-0.39, 0.29) is 17.4 Å². The number of hydrogen-bond donors (Lipinski definition) is 1. The highest BCUT2D eigenvalue weighted by Crippen LogP contribution is 2.17. The van der Waals surface area contributed by atoms with Crippen molar-refractivity contribution in [3.8, 4) is 0 Å². The average molecular weight is 459 g/mol. The van der Waals surface area contributed by atoms with Crippen LogP contribution >= 0.6 is 11.6 Å². The molecular weight excluding hydrogens is 432 g/mol. The van der Waals surface area contributed by atoms with E-state index in [1.165, 1.54) is 5.56 Å². The van der Waals surface area contributed by atoms with Gasteiger partial charge in [-0.25, -0.2) is 0 Å². The van der Waals surface area contributed by atoms with Gasteiger partial charge in [-0.3, -0.25) is 13.9 Å². The van der Waals surface area contributed by atoms with Crippen molar-refractivity contribution < 1.29 is 13.4 Å². The van der Waals surface area contributed by atoms with Crippen LogP contribution < -0.4 is 5.32 Å². The first kappa shape index (κ1) is 23.3. The maximum atomic E-state index is 12.4. The number of nitrogens with one attached hydrogen (secondary N) is 1. The minimum absolute atomic E-state index is 0.208. The van der Waals surface area contributed by atoms with E-state index in [0.29, 0.717) is 22.2 Å². The molecule has 0 aliphatic rings. The Morgan fingerprint density at radius 2 is 1.81 bits per heavy atom. The third-order valence-corrected chi connectivity index (χ3v) is 6.46. The number of carbonyl (C=O) groups is 1. The van der Waals surface area contributed by atoms with Gasteiger partial charge in [-0.1, -0.05) is 48.9 Å². The number of amides is 1. The highest BCUT2D eigenvalue weighted by atomic mass is 35.5.